The van der Waals surface area contributed by atoms with Crippen LogP contribution in [0.3, 0.4) is 0 Å². The first-order chi connectivity index (χ1) is 8.24. The number of hydrogen-bond acceptors (Lipinski definition) is 5. The van der Waals surface area contributed by atoms with Gasteiger partial charge in [0.25, 0.3) is 0 Å². The summed E-state index contributed by atoms with van der Waals surface area (Å²) in [5.41, 5.74) is 0. The van der Waals surface area contributed by atoms with Crippen LogP contribution in [0.1, 0.15) is 25.1 Å². The minimum absolute atomic E-state index is 0.646. The summed E-state index contributed by atoms with van der Waals surface area (Å²) in [4.78, 5) is 11.1. The quantitative estimate of drug-likeness (QED) is 0.886. The molecule has 17 heavy (non-hydrogen) atoms. The third kappa shape index (κ3) is 2.66. The second kappa shape index (κ2) is 5.31. The highest BCUT2D eigenvalue weighted by Crippen LogP contribution is 2.30. The summed E-state index contributed by atoms with van der Waals surface area (Å²) < 4.78 is 5.68. The predicted molar refractivity (Wildman–Crippen MR) is 72.1 cm³/mol. The average molecular weight is 251 g/mol. The number of hydrogen-bond donors (Lipinski definition) is 1. The van der Waals surface area contributed by atoms with Gasteiger partial charge in [-0.15, -0.1) is 11.3 Å². The van der Waals surface area contributed by atoms with Crippen LogP contribution in [0.25, 0.3) is 10.2 Å². The van der Waals surface area contributed by atoms with Gasteiger partial charge in [0.2, 0.25) is 11.8 Å². The molecule has 2 heterocycles. The number of aryl methyl sites for hydroxylation is 1. The Hall–Kier alpha value is -1.36. The first kappa shape index (κ1) is 12.1. The molecule has 5 heteroatoms. The van der Waals surface area contributed by atoms with Gasteiger partial charge in [0.15, 0.2) is 0 Å². The van der Waals surface area contributed by atoms with Gasteiger partial charge in [0.05, 0.1) is 12.0 Å². The molecule has 0 bridgehead atoms. The molecule has 92 valence electrons. The fraction of sp³-hybridized carbons (Fsp3) is 0.500. The fourth-order valence-electron chi connectivity index (χ4n) is 1.56. The first-order valence-electron chi connectivity index (χ1n) is 5.89. The van der Waals surface area contributed by atoms with Gasteiger partial charge in [-0.2, -0.15) is 4.98 Å². The number of nitrogens with zero attached hydrogens (tertiary/aromatic N) is 2. The smallest absolute Gasteiger partial charge is 0.227 e. The number of ether oxygens (including phenoxy) is 1. The van der Waals surface area contributed by atoms with Gasteiger partial charge in [-0.05, 0) is 26.3 Å². The van der Waals surface area contributed by atoms with E-state index in [0.29, 0.717) is 18.4 Å². The zero-order valence-electron chi connectivity index (χ0n) is 10.4. The van der Waals surface area contributed by atoms with Crippen molar-refractivity contribution >= 4 is 27.5 Å². The van der Waals surface area contributed by atoms with Gasteiger partial charge < -0.3 is 10.1 Å². The van der Waals surface area contributed by atoms with E-state index in [0.717, 1.165) is 23.2 Å². The topological polar surface area (TPSA) is 47.0 Å². The van der Waals surface area contributed by atoms with E-state index >= 15 is 0 Å². The number of aromatic nitrogens is 2. The molecule has 0 fully saturated rings. The Morgan fingerprint density at radius 1 is 1.35 bits per heavy atom. The van der Waals surface area contributed by atoms with Crippen LogP contribution in [0.5, 0.6) is 5.88 Å². The van der Waals surface area contributed by atoms with E-state index in [2.05, 4.69) is 35.2 Å². The highest BCUT2D eigenvalue weighted by atomic mass is 32.1. The molecule has 2 rings (SSSR count). The zero-order valence-corrected chi connectivity index (χ0v) is 11.2. The molecule has 0 aliphatic carbocycles. The molecule has 2 aromatic rings. The highest BCUT2D eigenvalue weighted by Gasteiger charge is 2.11. The lowest BCUT2D eigenvalue weighted by atomic mass is 10.3. The second-order valence-electron chi connectivity index (χ2n) is 3.81. The van der Waals surface area contributed by atoms with Crippen LogP contribution in [-0.2, 0) is 0 Å². The van der Waals surface area contributed by atoms with E-state index < -0.39 is 0 Å². The van der Waals surface area contributed by atoms with Crippen LogP contribution >= 0.6 is 11.3 Å². The van der Waals surface area contributed by atoms with E-state index in [1.165, 1.54) is 4.88 Å². The largest absolute Gasteiger partial charge is 0.477 e. The zero-order chi connectivity index (χ0) is 12.3. The van der Waals surface area contributed by atoms with Crippen molar-refractivity contribution in [2.45, 2.75) is 27.2 Å². The van der Waals surface area contributed by atoms with Crippen LogP contribution in [-0.4, -0.2) is 23.1 Å². The van der Waals surface area contributed by atoms with Gasteiger partial charge >= 0.3 is 0 Å². The Balaban J connectivity index is 2.44. The molecule has 0 aliphatic rings. The van der Waals surface area contributed by atoms with Crippen LogP contribution in [0.15, 0.2) is 6.07 Å². The number of nitrogens with one attached hydrogen (secondary N) is 1. The normalized spacial score (nSPS) is 10.8. The molecule has 0 atom stereocenters. The van der Waals surface area contributed by atoms with Gasteiger partial charge in [0, 0.05) is 11.4 Å². The Morgan fingerprint density at radius 3 is 2.88 bits per heavy atom. The first-order valence-corrected chi connectivity index (χ1v) is 6.71. The Bertz CT molecular complexity index is 510. The third-order valence-electron chi connectivity index (χ3n) is 2.26. The van der Waals surface area contributed by atoms with Crippen molar-refractivity contribution in [3.8, 4) is 5.88 Å². The maximum Gasteiger partial charge on any atom is 0.227 e. The van der Waals surface area contributed by atoms with Gasteiger partial charge in [0.1, 0.15) is 4.83 Å². The molecule has 0 amide bonds. The van der Waals surface area contributed by atoms with Crippen molar-refractivity contribution in [1.29, 1.82) is 0 Å². The lowest BCUT2D eigenvalue weighted by Gasteiger charge is -2.07. The van der Waals surface area contributed by atoms with Gasteiger partial charge in [-0.25, -0.2) is 4.98 Å². The fourth-order valence-corrected chi connectivity index (χ4v) is 2.43. The summed E-state index contributed by atoms with van der Waals surface area (Å²) in [5.74, 6) is 1.34. The molecule has 1 N–H and O–H groups in total. The van der Waals surface area contributed by atoms with Crippen molar-refractivity contribution in [3.05, 3.63) is 10.9 Å². The van der Waals surface area contributed by atoms with Crippen molar-refractivity contribution in [3.63, 3.8) is 0 Å². The van der Waals surface area contributed by atoms with Crippen LogP contribution in [0.2, 0.25) is 0 Å². The Kier molecular flexibility index (Phi) is 3.78. The van der Waals surface area contributed by atoms with Gasteiger partial charge in [-0.3, -0.25) is 0 Å². The monoisotopic (exact) mass is 251 g/mol. The number of rotatable bonds is 5. The molecule has 0 saturated carbocycles. The van der Waals surface area contributed by atoms with Crippen molar-refractivity contribution in [2.75, 3.05) is 18.5 Å². The number of anilines is 1. The van der Waals surface area contributed by atoms with E-state index in [9.17, 15) is 0 Å². The predicted octanol–water partition coefficient (Wildman–Crippen LogP) is 3.22. The minimum Gasteiger partial charge on any atom is -0.477 e. The summed E-state index contributed by atoms with van der Waals surface area (Å²) in [7, 11) is 0. The average Bonchev–Trinajstić information content (AvgIpc) is 2.67. The van der Waals surface area contributed by atoms with Crippen molar-refractivity contribution in [2.24, 2.45) is 0 Å². The van der Waals surface area contributed by atoms with E-state index in [-0.39, 0.29) is 0 Å². The maximum atomic E-state index is 5.68. The van der Waals surface area contributed by atoms with Crippen LogP contribution in [0.4, 0.5) is 5.95 Å². The van der Waals surface area contributed by atoms with Crippen molar-refractivity contribution in [1.82, 2.24) is 9.97 Å². The van der Waals surface area contributed by atoms with E-state index in [4.69, 9.17) is 4.74 Å². The molecule has 0 saturated heterocycles. The Morgan fingerprint density at radius 2 is 2.18 bits per heavy atom. The molecule has 0 unspecified atom stereocenters. The van der Waals surface area contributed by atoms with Crippen molar-refractivity contribution < 1.29 is 4.74 Å². The van der Waals surface area contributed by atoms with Gasteiger partial charge in [-0.1, -0.05) is 6.92 Å². The Labute approximate surface area is 105 Å². The number of thiophene rings is 1. The summed E-state index contributed by atoms with van der Waals surface area (Å²) in [6.07, 6.45) is 0.977. The van der Waals surface area contributed by atoms with Crippen LogP contribution < -0.4 is 10.1 Å². The second-order valence-corrected chi connectivity index (χ2v) is 5.04. The standard InChI is InChI=1S/C12H17N3OS/c1-4-6-16-10-9-7-8(3)17-11(9)15-12(14-10)13-5-2/h7H,4-6H2,1-3H3,(H,13,14,15). The molecule has 0 aliphatic heterocycles. The highest BCUT2D eigenvalue weighted by molar-refractivity contribution is 7.18. The minimum atomic E-state index is 0.646. The third-order valence-corrected chi connectivity index (χ3v) is 3.20. The molecular formula is C12H17N3OS. The molecule has 0 spiro atoms. The number of fused-ring (bicyclic) bond motifs is 1. The lowest BCUT2D eigenvalue weighted by molar-refractivity contribution is 0.309. The molecule has 0 radical (unpaired) electrons. The van der Waals surface area contributed by atoms with E-state index in [1.54, 1.807) is 11.3 Å². The molecule has 2 aromatic heterocycles. The van der Waals surface area contributed by atoms with Crippen LogP contribution in [0, 0.1) is 6.92 Å². The summed E-state index contributed by atoms with van der Waals surface area (Å²) in [5, 5.41) is 4.15. The summed E-state index contributed by atoms with van der Waals surface area (Å²) >= 11 is 1.67. The van der Waals surface area contributed by atoms with E-state index in [1.807, 2.05) is 6.92 Å². The SMILES string of the molecule is CCCOc1nc(NCC)nc2sc(C)cc12. The molecule has 4 nitrogen and oxygen atoms in total. The maximum absolute atomic E-state index is 5.68. The molecular weight excluding hydrogens is 234 g/mol. The lowest BCUT2D eigenvalue weighted by Crippen LogP contribution is -2.04. The summed E-state index contributed by atoms with van der Waals surface area (Å²) in [6, 6.07) is 2.08. The molecule has 0 aromatic carbocycles. The summed E-state index contributed by atoms with van der Waals surface area (Å²) in [6.45, 7) is 7.68.